The van der Waals surface area contributed by atoms with Gasteiger partial charge in [0.05, 0.1) is 28.7 Å². The lowest BCUT2D eigenvalue weighted by atomic mass is 10.2. The van der Waals surface area contributed by atoms with Crippen LogP contribution in [-0.2, 0) is 11.3 Å². The van der Waals surface area contributed by atoms with Crippen molar-refractivity contribution in [1.82, 2.24) is 0 Å². The van der Waals surface area contributed by atoms with Crippen LogP contribution in [0.2, 0.25) is 10.0 Å². The van der Waals surface area contributed by atoms with Gasteiger partial charge in [0.1, 0.15) is 6.54 Å². The number of carbonyl (C=O) groups excluding carboxylic acids is 1. The van der Waals surface area contributed by atoms with E-state index in [1.54, 1.807) is 30.3 Å². The van der Waals surface area contributed by atoms with Gasteiger partial charge in [0.2, 0.25) is 0 Å². The van der Waals surface area contributed by atoms with Crippen LogP contribution in [-0.4, -0.2) is 19.5 Å². The van der Waals surface area contributed by atoms with E-state index in [0.717, 1.165) is 10.5 Å². The Labute approximate surface area is 145 Å². The number of anilines is 1. The second-order valence-electron chi connectivity index (χ2n) is 5.26. The number of carbonyl (C=O) groups is 1. The van der Waals surface area contributed by atoms with Crippen molar-refractivity contribution in [2.45, 2.75) is 6.54 Å². The minimum absolute atomic E-state index is 0.129. The van der Waals surface area contributed by atoms with Crippen molar-refractivity contribution >= 4 is 34.8 Å². The quantitative estimate of drug-likeness (QED) is 0.872. The minimum Gasteiger partial charge on any atom is -0.326 e. The highest BCUT2D eigenvalue weighted by atomic mass is 35.5. The van der Waals surface area contributed by atoms with Crippen molar-refractivity contribution < 1.29 is 9.69 Å². The number of likely N-dealkylation sites (N-methyl/N-ethyl adjacent to an activating group) is 1. The van der Waals surface area contributed by atoms with E-state index in [0.29, 0.717) is 27.8 Å². The van der Waals surface area contributed by atoms with Gasteiger partial charge < -0.3 is 10.2 Å². The molecule has 0 aliphatic carbocycles. The van der Waals surface area contributed by atoms with Crippen LogP contribution in [0.3, 0.4) is 0 Å². The molecule has 0 radical (unpaired) electrons. The maximum Gasteiger partial charge on any atom is 0.279 e. The molecule has 0 saturated heterocycles. The van der Waals surface area contributed by atoms with Crippen molar-refractivity contribution in [2.24, 2.45) is 0 Å². The molecule has 0 spiro atoms. The summed E-state index contributed by atoms with van der Waals surface area (Å²) < 4.78 is 0. The van der Waals surface area contributed by atoms with Gasteiger partial charge in [-0.3, -0.25) is 4.79 Å². The first-order valence-corrected chi connectivity index (χ1v) is 7.79. The summed E-state index contributed by atoms with van der Waals surface area (Å²) in [5.74, 6) is -0.129. The van der Waals surface area contributed by atoms with Crippen LogP contribution in [0.5, 0.6) is 0 Å². The van der Waals surface area contributed by atoms with Crippen LogP contribution in [0.15, 0.2) is 42.5 Å². The number of hydrogen-bond donors (Lipinski definition) is 2. The lowest BCUT2D eigenvalue weighted by Crippen LogP contribution is -3.08. The monoisotopic (exact) mass is 348 g/mol. The highest BCUT2D eigenvalue weighted by Crippen LogP contribution is 2.24. The maximum atomic E-state index is 12.1. The number of amides is 1. The summed E-state index contributed by atoms with van der Waals surface area (Å²) in [7, 11) is 1.91. The third-order valence-electron chi connectivity index (χ3n) is 3.26. The molecule has 118 valence electrons. The largest absolute Gasteiger partial charge is 0.326 e. The topological polar surface area (TPSA) is 57.3 Å². The van der Waals surface area contributed by atoms with Gasteiger partial charge in [0.25, 0.3) is 5.91 Å². The van der Waals surface area contributed by atoms with Crippen molar-refractivity contribution in [3.05, 3.63) is 63.6 Å². The van der Waals surface area contributed by atoms with Gasteiger partial charge >= 0.3 is 0 Å². The molecule has 6 heteroatoms. The summed E-state index contributed by atoms with van der Waals surface area (Å²) in [6.45, 7) is 0.866. The third kappa shape index (κ3) is 4.97. The first-order valence-electron chi connectivity index (χ1n) is 7.04. The van der Waals surface area contributed by atoms with Crippen molar-refractivity contribution in [2.75, 3.05) is 18.9 Å². The van der Waals surface area contributed by atoms with Gasteiger partial charge in [-0.05, 0) is 24.3 Å². The van der Waals surface area contributed by atoms with Crippen molar-refractivity contribution in [3.63, 3.8) is 0 Å². The molecule has 1 atom stereocenters. The second kappa shape index (κ2) is 7.98. The van der Waals surface area contributed by atoms with E-state index in [-0.39, 0.29) is 12.5 Å². The summed E-state index contributed by atoms with van der Waals surface area (Å²) in [5, 5.41) is 12.7. The standard InChI is InChI=1S/C17H15Cl2N3O/c1-22(10-13-5-3-7-15(18)17(13)19)11-16(23)21-14-6-2-4-12(8-14)9-20/h2-8H,10-11H2,1H3,(H,21,23)/p+1. The Hall–Kier alpha value is -2.06. The highest BCUT2D eigenvalue weighted by Gasteiger charge is 2.14. The summed E-state index contributed by atoms with van der Waals surface area (Å²) in [5.41, 5.74) is 2.02. The Bertz CT molecular complexity index is 756. The molecule has 2 aromatic carbocycles. The number of quaternary nitrogens is 1. The SMILES string of the molecule is C[NH+](CC(=O)Nc1cccc(C#N)c1)Cc1cccc(Cl)c1Cl. The summed E-state index contributed by atoms with van der Waals surface area (Å²) in [6, 6.07) is 14.3. The van der Waals surface area contributed by atoms with Crippen LogP contribution in [0, 0.1) is 11.3 Å². The molecule has 0 heterocycles. The molecule has 2 N–H and O–H groups in total. The van der Waals surface area contributed by atoms with Gasteiger partial charge in [-0.1, -0.05) is 41.4 Å². The predicted octanol–water partition coefficient (Wildman–Crippen LogP) is 2.52. The Kier molecular flexibility index (Phi) is 6.00. The molecule has 4 nitrogen and oxygen atoms in total. The molecule has 1 unspecified atom stereocenters. The molecule has 0 aromatic heterocycles. The number of halogens is 2. The molecule has 0 aliphatic rings. The van der Waals surface area contributed by atoms with E-state index in [1.165, 1.54) is 0 Å². The Morgan fingerprint density at radius 2 is 2.00 bits per heavy atom. The van der Waals surface area contributed by atoms with E-state index >= 15 is 0 Å². The van der Waals surface area contributed by atoms with Crippen LogP contribution < -0.4 is 10.2 Å². The fraction of sp³-hybridized carbons (Fsp3) is 0.176. The van der Waals surface area contributed by atoms with Crippen LogP contribution in [0.1, 0.15) is 11.1 Å². The number of nitrogens with zero attached hydrogens (tertiary/aromatic N) is 1. The summed E-state index contributed by atoms with van der Waals surface area (Å²) in [4.78, 5) is 13.1. The Morgan fingerprint density at radius 1 is 1.26 bits per heavy atom. The average molecular weight is 349 g/mol. The van der Waals surface area contributed by atoms with E-state index < -0.39 is 0 Å². The number of nitrogens with one attached hydrogen (secondary N) is 2. The third-order valence-corrected chi connectivity index (χ3v) is 4.12. The number of benzene rings is 2. The predicted molar refractivity (Wildman–Crippen MR) is 91.7 cm³/mol. The van der Waals surface area contributed by atoms with Crippen molar-refractivity contribution in [3.8, 4) is 6.07 Å². The lowest BCUT2D eigenvalue weighted by Gasteiger charge is -2.15. The van der Waals surface area contributed by atoms with E-state index in [2.05, 4.69) is 5.32 Å². The molecule has 0 fully saturated rings. The summed E-state index contributed by atoms with van der Waals surface area (Å²) in [6.07, 6.45) is 0. The lowest BCUT2D eigenvalue weighted by molar-refractivity contribution is -0.885. The van der Waals surface area contributed by atoms with Gasteiger partial charge in [0, 0.05) is 11.3 Å². The Balaban J connectivity index is 1.94. The summed E-state index contributed by atoms with van der Waals surface area (Å²) >= 11 is 12.2. The molecule has 0 aliphatic heterocycles. The number of hydrogen-bond acceptors (Lipinski definition) is 2. The maximum absolute atomic E-state index is 12.1. The number of rotatable bonds is 5. The first-order chi connectivity index (χ1) is 11.0. The average Bonchev–Trinajstić information content (AvgIpc) is 2.51. The molecule has 0 bridgehead atoms. The molecule has 23 heavy (non-hydrogen) atoms. The molecule has 2 aromatic rings. The van der Waals surface area contributed by atoms with Gasteiger partial charge in [0.15, 0.2) is 6.54 Å². The van der Waals surface area contributed by atoms with Gasteiger partial charge in [-0.15, -0.1) is 0 Å². The molecule has 1 amide bonds. The van der Waals surface area contributed by atoms with Gasteiger partial charge in [-0.25, -0.2) is 0 Å². The van der Waals surface area contributed by atoms with Crippen LogP contribution in [0.4, 0.5) is 5.69 Å². The normalized spacial score (nSPS) is 11.6. The van der Waals surface area contributed by atoms with Crippen molar-refractivity contribution in [1.29, 1.82) is 5.26 Å². The van der Waals surface area contributed by atoms with E-state index in [4.69, 9.17) is 28.5 Å². The first kappa shape index (κ1) is 17.3. The zero-order valence-corrected chi connectivity index (χ0v) is 14.1. The molecule has 0 saturated carbocycles. The Morgan fingerprint density at radius 3 is 2.74 bits per heavy atom. The zero-order valence-electron chi connectivity index (χ0n) is 12.6. The number of nitriles is 1. The van der Waals surface area contributed by atoms with Crippen LogP contribution in [0.25, 0.3) is 0 Å². The highest BCUT2D eigenvalue weighted by molar-refractivity contribution is 6.42. The molecule has 2 rings (SSSR count). The molecular weight excluding hydrogens is 333 g/mol. The van der Waals surface area contributed by atoms with Crippen LogP contribution >= 0.6 is 23.2 Å². The van der Waals surface area contributed by atoms with E-state index in [9.17, 15) is 4.79 Å². The fourth-order valence-corrected chi connectivity index (χ4v) is 2.61. The fourth-order valence-electron chi connectivity index (χ4n) is 2.22. The smallest absolute Gasteiger partial charge is 0.279 e. The van der Waals surface area contributed by atoms with Gasteiger partial charge in [-0.2, -0.15) is 5.26 Å². The second-order valence-corrected chi connectivity index (χ2v) is 6.05. The van der Waals surface area contributed by atoms with E-state index in [1.807, 2.05) is 25.2 Å². The minimum atomic E-state index is -0.129. The zero-order chi connectivity index (χ0) is 16.8. The molecular formula is C17H16Cl2N3O+.